The average molecular weight is 457 g/mol. The second-order valence-electron chi connectivity index (χ2n) is 8.60. The highest BCUT2D eigenvalue weighted by Gasteiger charge is 2.36. The fourth-order valence-corrected chi connectivity index (χ4v) is 4.16. The summed E-state index contributed by atoms with van der Waals surface area (Å²) in [5.74, 6) is -0.421. The third-order valence-corrected chi connectivity index (χ3v) is 6.06. The van der Waals surface area contributed by atoms with Crippen LogP contribution in [-0.2, 0) is 0 Å². The molecule has 0 bridgehead atoms. The maximum absolute atomic E-state index is 13.9. The molecular weight excluding hydrogens is 432 g/mol. The van der Waals surface area contributed by atoms with Crippen LogP contribution in [0.3, 0.4) is 0 Å². The van der Waals surface area contributed by atoms with Crippen molar-refractivity contribution in [1.82, 2.24) is 5.01 Å². The molecule has 4 heteroatoms. The first kappa shape index (κ1) is 22.2. The van der Waals surface area contributed by atoms with Gasteiger partial charge in [0, 0.05) is 16.7 Å². The molecule has 0 heterocycles. The lowest BCUT2D eigenvalue weighted by atomic mass is 10.0. The van der Waals surface area contributed by atoms with Crippen LogP contribution in [-0.4, -0.2) is 22.9 Å². The van der Waals surface area contributed by atoms with Crippen LogP contribution in [0.4, 0.5) is 0 Å². The van der Waals surface area contributed by atoms with Crippen LogP contribution in [0.5, 0.6) is 0 Å². The van der Waals surface area contributed by atoms with Gasteiger partial charge in [-0.25, -0.2) is 0 Å². The van der Waals surface area contributed by atoms with Gasteiger partial charge in [0.1, 0.15) is 0 Å². The van der Waals surface area contributed by atoms with E-state index in [1.807, 2.05) is 98.8 Å². The largest absolute Gasteiger partial charge is 0.288 e. The van der Waals surface area contributed by atoms with Crippen molar-refractivity contribution in [3.63, 3.8) is 0 Å². The van der Waals surface area contributed by atoms with Crippen LogP contribution in [0.2, 0.25) is 0 Å². The fraction of sp³-hybridized carbons (Fsp3) is 0.0645. The summed E-state index contributed by atoms with van der Waals surface area (Å²) >= 11 is 0. The lowest BCUT2D eigenvalue weighted by Gasteiger charge is -2.21. The van der Waals surface area contributed by atoms with Crippen molar-refractivity contribution in [3.05, 3.63) is 142 Å². The first-order valence-electron chi connectivity index (χ1n) is 11.5. The van der Waals surface area contributed by atoms with E-state index < -0.39 is 0 Å². The Hall–Kier alpha value is -4.57. The van der Waals surface area contributed by atoms with Crippen LogP contribution in [0, 0.1) is 13.8 Å². The number of hydrazone groups is 1. The van der Waals surface area contributed by atoms with Crippen molar-refractivity contribution in [2.24, 2.45) is 5.10 Å². The number of hydrogen-bond donors (Lipinski definition) is 0. The first-order chi connectivity index (χ1) is 17.0. The molecule has 0 atom stereocenters. The monoisotopic (exact) mass is 456 g/mol. The highest BCUT2D eigenvalue weighted by Crippen LogP contribution is 2.41. The van der Waals surface area contributed by atoms with Crippen LogP contribution < -0.4 is 0 Å². The van der Waals surface area contributed by atoms with Crippen molar-refractivity contribution in [2.75, 3.05) is 0 Å². The number of hydrogen-bond acceptors (Lipinski definition) is 3. The zero-order valence-corrected chi connectivity index (χ0v) is 19.6. The summed E-state index contributed by atoms with van der Waals surface area (Å²) in [6, 6.07) is 32.1. The van der Waals surface area contributed by atoms with Crippen molar-refractivity contribution in [3.8, 4) is 0 Å². The Morgan fingerprint density at radius 1 is 0.714 bits per heavy atom. The van der Waals surface area contributed by atoms with Gasteiger partial charge in [0.05, 0.1) is 17.5 Å². The van der Waals surface area contributed by atoms with Gasteiger partial charge in [-0.2, -0.15) is 10.1 Å². The number of nitrogens with zero attached hydrogens (tertiary/aromatic N) is 2. The molecule has 4 aromatic carbocycles. The number of ketones is 1. The first-order valence-corrected chi connectivity index (χ1v) is 11.5. The minimum Gasteiger partial charge on any atom is -0.288 e. The topological polar surface area (TPSA) is 49.7 Å². The molecule has 5 rings (SSSR count). The Kier molecular flexibility index (Phi) is 5.94. The third kappa shape index (κ3) is 4.34. The summed E-state index contributed by atoms with van der Waals surface area (Å²) in [7, 11) is 0. The molecule has 0 aliphatic heterocycles. The lowest BCUT2D eigenvalue weighted by molar-refractivity contribution is 0.0840. The van der Waals surface area contributed by atoms with Crippen LogP contribution in [0.15, 0.2) is 108 Å². The minimum atomic E-state index is -0.304. The summed E-state index contributed by atoms with van der Waals surface area (Å²) in [6.07, 6.45) is 1.66. The summed E-state index contributed by atoms with van der Waals surface area (Å²) in [5.41, 5.74) is 6.51. The number of fused-ring (bicyclic) bond motifs is 1. The molecule has 0 N–H and O–H groups in total. The second kappa shape index (κ2) is 9.35. The third-order valence-electron chi connectivity index (χ3n) is 6.06. The van der Waals surface area contributed by atoms with Crippen LogP contribution in [0.1, 0.15) is 48.5 Å². The highest BCUT2D eigenvalue weighted by atomic mass is 16.2. The van der Waals surface area contributed by atoms with E-state index in [4.69, 9.17) is 0 Å². The van der Waals surface area contributed by atoms with Gasteiger partial charge < -0.3 is 0 Å². The number of Topliss-reactive ketones (excluding diaryl/α,β-unsaturated/α-hetero) is 1. The zero-order chi connectivity index (χ0) is 24.4. The predicted octanol–water partition coefficient (Wildman–Crippen LogP) is 6.54. The minimum absolute atomic E-state index is 0.117. The molecule has 0 unspecified atom stereocenters. The molecule has 1 aliphatic rings. The Labute approximate surface area is 204 Å². The molecule has 0 saturated heterocycles. The molecule has 170 valence electrons. The zero-order valence-electron chi connectivity index (χ0n) is 19.6. The van der Waals surface area contributed by atoms with Gasteiger partial charge in [-0.05, 0) is 37.1 Å². The van der Waals surface area contributed by atoms with Crippen molar-refractivity contribution in [1.29, 1.82) is 0 Å². The summed E-state index contributed by atoms with van der Waals surface area (Å²) in [4.78, 5) is 27.5. The SMILES string of the molecule is Cc1ccc(/C=N\N(C(=O)c2ccc(C)cc2)C2=C(c3ccccc3)C(=O)c3ccccc32)cc1. The molecule has 4 aromatic rings. The number of benzene rings is 4. The maximum Gasteiger partial charge on any atom is 0.278 e. The normalized spacial score (nSPS) is 12.8. The van der Waals surface area contributed by atoms with Crippen molar-refractivity contribution >= 4 is 29.2 Å². The Morgan fingerprint density at radius 2 is 1.29 bits per heavy atom. The standard InChI is InChI=1S/C31H24N2O2/c1-21-12-16-23(17-13-21)20-32-33(31(35)25-18-14-22(2)15-19-25)29-26-10-6-7-11-27(26)30(34)28(29)24-8-4-3-5-9-24/h3-20H,1-2H3/b32-20-. The van der Waals surface area contributed by atoms with E-state index in [0.717, 1.165) is 22.3 Å². The fourth-order valence-electron chi connectivity index (χ4n) is 4.16. The second-order valence-corrected chi connectivity index (χ2v) is 8.60. The number of carbonyl (C=O) groups excluding carboxylic acids is 2. The maximum atomic E-state index is 13.9. The molecule has 1 aliphatic carbocycles. The average Bonchev–Trinajstić information content (AvgIpc) is 3.18. The molecule has 0 aromatic heterocycles. The van der Waals surface area contributed by atoms with E-state index >= 15 is 0 Å². The molecule has 4 nitrogen and oxygen atoms in total. The van der Waals surface area contributed by atoms with E-state index in [1.165, 1.54) is 5.01 Å². The molecular formula is C31H24N2O2. The number of rotatable bonds is 5. The number of carbonyl (C=O) groups is 2. The van der Waals surface area contributed by atoms with Gasteiger partial charge in [-0.1, -0.05) is 102 Å². The van der Waals surface area contributed by atoms with Gasteiger partial charge in [-0.3, -0.25) is 9.59 Å². The summed E-state index contributed by atoms with van der Waals surface area (Å²) in [5, 5.41) is 6.03. The number of aryl methyl sites for hydroxylation is 2. The lowest BCUT2D eigenvalue weighted by Crippen LogP contribution is -2.25. The Balaban J connectivity index is 1.72. The predicted molar refractivity (Wildman–Crippen MR) is 140 cm³/mol. The number of amides is 1. The summed E-state index contributed by atoms with van der Waals surface area (Å²) in [6.45, 7) is 4.00. The highest BCUT2D eigenvalue weighted by molar-refractivity contribution is 6.40. The smallest absolute Gasteiger partial charge is 0.278 e. The molecule has 1 amide bonds. The van der Waals surface area contributed by atoms with E-state index in [1.54, 1.807) is 24.4 Å². The van der Waals surface area contributed by atoms with Crippen LogP contribution >= 0.6 is 0 Å². The molecule has 0 radical (unpaired) electrons. The van der Waals surface area contributed by atoms with Crippen molar-refractivity contribution in [2.45, 2.75) is 13.8 Å². The van der Waals surface area contributed by atoms with Gasteiger partial charge in [0.25, 0.3) is 5.91 Å². The van der Waals surface area contributed by atoms with Gasteiger partial charge >= 0.3 is 0 Å². The molecule has 0 fully saturated rings. The van der Waals surface area contributed by atoms with Crippen LogP contribution in [0.25, 0.3) is 11.3 Å². The van der Waals surface area contributed by atoms with Gasteiger partial charge in [0.2, 0.25) is 0 Å². The van der Waals surface area contributed by atoms with E-state index in [0.29, 0.717) is 28.0 Å². The van der Waals surface area contributed by atoms with E-state index in [2.05, 4.69) is 5.10 Å². The molecule has 0 saturated carbocycles. The number of allylic oxidation sites excluding steroid dienone is 1. The van der Waals surface area contributed by atoms with Crippen molar-refractivity contribution < 1.29 is 9.59 Å². The van der Waals surface area contributed by atoms with Gasteiger partial charge in [0.15, 0.2) is 5.78 Å². The van der Waals surface area contributed by atoms with E-state index in [9.17, 15) is 9.59 Å². The summed E-state index contributed by atoms with van der Waals surface area (Å²) < 4.78 is 0. The molecule has 35 heavy (non-hydrogen) atoms. The Morgan fingerprint density at radius 3 is 1.94 bits per heavy atom. The quantitative estimate of drug-likeness (QED) is 0.253. The molecule has 0 spiro atoms. The van der Waals surface area contributed by atoms with Gasteiger partial charge in [-0.15, -0.1) is 0 Å². The van der Waals surface area contributed by atoms with E-state index in [-0.39, 0.29) is 11.7 Å². The Bertz CT molecular complexity index is 1460.